The second-order valence-electron chi connectivity index (χ2n) is 5.06. The van der Waals surface area contributed by atoms with Crippen LogP contribution < -0.4 is 5.32 Å². The molecule has 0 radical (unpaired) electrons. The zero-order valence-corrected chi connectivity index (χ0v) is 11.8. The Bertz CT molecular complexity index is 558. The molecule has 0 saturated carbocycles. The van der Waals surface area contributed by atoms with Gasteiger partial charge in [0.05, 0.1) is 5.92 Å². The van der Waals surface area contributed by atoms with Gasteiger partial charge in [-0.05, 0) is 6.42 Å². The Morgan fingerprint density at radius 2 is 2.23 bits per heavy atom. The van der Waals surface area contributed by atoms with Gasteiger partial charge in [-0.15, -0.1) is 0 Å². The number of alkyl halides is 3. The molecule has 2 heterocycles. The highest BCUT2D eigenvalue weighted by Gasteiger charge is 2.38. The second-order valence-corrected chi connectivity index (χ2v) is 5.06. The SMILES string of the molecule is CN1C[C@H](C(=O)NCCc2noc(C(F)(F)F)n2)CCC1=O. The van der Waals surface area contributed by atoms with Gasteiger partial charge in [-0.2, -0.15) is 18.2 Å². The lowest BCUT2D eigenvalue weighted by atomic mass is 9.97. The molecule has 1 N–H and O–H groups in total. The van der Waals surface area contributed by atoms with Gasteiger partial charge < -0.3 is 14.7 Å². The van der Waals surface area contributed by atoms with Gasteiger partial charge in [0.25, 0.3) is 0 Å². The number of rotatable bonds is 4. The largest absolute Gasteiger partial charge is 0.471 e. The van der Waals surface area contributed by atoms with Crippen LogP contribution in [0.2, 0.25) is 0 Å². The molecule has 1 aliphatic heterocycles. The number of amides is 2. The number of aromatic nitrogens is 2. The molecule has 2 rings (SSSR count). The van der Waals surface area contributed by atoms with Gasteiger partial charge in [0, 0.05) is 33.0 Å². The summed E-state index contributed by atoms with van der Waals surface area (Å²) in [6, 6.07) is 0. The Hall–Kier alpha value is -2.13. The number of carbonyl (C=O) groups excluding carboxylic acids is 2. The Morgan fingerprint density at radius 1 is 1.50 bits per heavy atom. The zero-order valence-electron chi connectivity index (χ0n) is 11.8. The molecule has 22 heavy (non-hydrogen) atoms. The van der Waals surface area contributed by atoms with Crippen LogP contribution in [0, 0.1) is 5.92 Å². The van der Waals surface area contributed by atoms with Crippen molar-refractivity contribution in [1.29, 1.82) is 0 Å². The normalized spacial score (nSPS) is 19.4. The lowest BCUT2D eigenvalue weighted by Gasteiger charge is -2.28. The molecule has 1 aromatic heterocycles. The van der Waals surface area contributed by atoms with Crippen molar-refractivity contribution < 1.29 is 27.3 Å². The van der Waals surface area contributed by atoms with Crippen LogP contribution >= 0.6 is 0 Å². The number of carbonyl (C=O) groups is 2. The van der Waals surface area contributed by atoms with Gasteiger partial charge in [-0.3, -0.25) is 9.59 Å². The fraction of sp³-hybridized carbons (Fsp3) is 0.667. The predicted octanol–water partition coefficient (Wildman–Crippen LogP) is 0.616. The van der Waals surface area contributed by atoms with Crippen molar-refractivity contribution in [2.75, 3.05) is 20.1 Å². The Balaban J connectivity index is 1.78. The van der Waals surface area contributed by atoms with Crippen LogP contribution in [0.25, 0.3) is 0 Å². The van der Waals surface area contributed by atoms with E-state index in [1.807, 2.05) is 0 Å². The van der Waals surface area contributed by atoms with Crippen LogP contribution in [0.15, 0.2) is 4.52 Å². The molecule has 0 bridgehead atoms. The first kappa shape index (κ1) is 16.2. The van der Waals surface area contributed by atoms with E-state index < -0.39 is 12.1 Å². The highest BCUT2D eigenvalue weighted by Crippen LogP contribution is 2.27. The quantitative estimate of drug-likeness (QED) is 0.878. The number of piperidine rings is 1. The molecular formula is C12H15F3N4O3. The number of hydrogen-bond donors (Lipinski definition) is 1. The fourth-order valence-electron chi connectivity index (χ4n) is 2.14. The van der Waals surface area contributed by atoms with Crippen LogP contribution in [0.1, 0.15) is 24.6 Å². The molecule has 0 spiro atoms. The van der Waals surface area contributed by atoms with Crippen LogP contribution in [0.3, 0.4) is 0 Å². The van der Waals surface area contributed by atoms with Gasteiger partial charge in [0.15, 0.2) is 5.82 Å². The van der Waals surface area contributed by atoms with Crippen LogP contribution in [-0.4, -0.2) is 47.0 Å². The average molecular weight is 320 g/mol. The summed E-state index contributed by atoms with van der Waals surface area (Å²) >= 11 is 0. The first-order valence-electron chi connectivity index (χ1n) is 6.69. The van der Waals surface area contributed by atoms with Crippen molar-refractivity contribution >= 4 is 11.8 Å². The summed E-state index contributed by atoms with van der Waals surface area (Å²) in [5.74, 6) is -2.07. The minimum absolute atomic E-state index is 0.00414. The van der Waals surface area contributed by atoms with E-state index in [1.165, 1.54) is 4.90 Å². The maximum absolute atomic E-state index is 12.3. The summed E-state index contributed by atoms with van der Waals surface area (Å²) < 4.78 is 40.9. The summed E-state index contributed by atoms with van der Waals surface area (Å²) in [5.41, 5.74) is 0. The van der Waals surface area contributed by atoms with E-state index in [9.17, 15) is 22.8 Å². The molecule has 122 valence electrons. The standard InChI is InChI=1S/C12H15F3N4O3/c1-19-6-7(2-3-9(19)20)10(21)16-5-4-8-17-11(22-18-8)12(13,14)15/h7H,2-6H2,1H3,(H,16,21)/t7-/m1/s1. The summed E-state index contributed by atoms with van der Waals surface area (Å²) in [6.07, 6.45) is -3.86. The number of halogens is 3. The van der Waals surface area contributed by atoms with E-state index >= 15 is 0 Å². The van der Waals surface area contributed by atoms with Crippen molar-refractivity contribution in [3.05, 3.63) is 11.7 Å². The average Bonchev–Trinajstić information content (AvgIpc) is 2.90. The first-order valence-corrected chi connectivity index (χ1v) is 6.69. The number of nitrogens with one attached hydrogen (secondary N) is 1. The van der Waals surface area contributed by atoms with E-state index in [1.54, 1.807) is 7.05 Å². The Labute approximate surface area is 123 Å². The molecule has 1 aliphatic rings. The first-order chi connectivity index (χ1) is 10.3. The third-order valence-corrected chi connectivity index (χ3v) is 3.36. The minimum atomic E-state index is -4.67. The summed E-state index contributed by atoms with van der Waals surface area (Å²) in [5, 5.41) is 5.81. The lowest BCUT2D eigenvalue weighted by molar-refractivity contribution is -0.159. The summed E-state index contributed by atoms with van der Waals surface area (Å²) in [6.45, 7) is 0.439. The van der Waals surface area contributed by atoms with Crippen molar-refractivity contribution in [2.45, 2.75) is 25.4 Å². The molecule has 0 aromatic carbocycles. The maximum atomic E-state index is 12.3. The molecule has 1 saturated heterocycles. The lowest BCUT2D eigenvalue weighted by Crippen LogP contribution is -2.44. The van der Waals surface area contributed by atoms with Gasteiger partial charge >= 0.3 is 12.1 Å². The van der Waals surface area contributed by atoms with Gasteiger partial charge in [0.2, 0.25) is 11.8 Å². The van der Waals surface area contributed by atoms with Gasteiger partial charge in [-0.25, -0.2) is 0 Å². The smallest absolute Gasteiger partial charge is 0.355 e. The van der Waals surface area contributed by atoms with Crippen molar-refractivity contribution in [3.8, 4) is 0 Å². The Morgan fingerprint density at radius 3 is 2.82 bits per heavy atom. The van der Waals surface area contributed by atoms with E-state index in [2.05, 4.69) is 20.0 Å². The zero-order chi connectivity index (χ0) is 16.3. The maximum Gasteiger partial charge on any atom is 0.471 e. The van der Waals surface area contributed by atoms with Crippen LogP contribution in [0.4, 0.5) is 13.2 Å². The molecule has 0 aliphatic carbocycles. The highest BCUT2D eigenvalue weighted by molar-refractivity contribution is 5.83. The van der Waals surface area contributed by atoms with Crippen molar-refractivity contribution in [2.24, 2.45) is 5.92 Å². The molecule has 1 fully saturated rings. The van der Waals surface area contributed by atoms with Crippen LogP contribution in [-0.2, 0) is 22.2 Å². The van der Waals surface area contributed by atoms with Gasteiger partial charge in [0.1, 0.15) is 0 Å². The molecule has 1 atom stereocenters. The van der Waals surface area contributed by atoms with Crippen LogP contribution in [0.5, 0.6) is 0 Å². The van der Waals surface area contributed by atoms with Gasteiger partial charge in [-0.1, -0.05) is 5.16 Å². The Kier molecular flexibility index (Phi) is 4.67. The number of hydrogen-bond acceptors (Lipinski definition) is 5. The monoisotopic (exact) mass is 320 g/mol. The van der Waals surface area contributed by atoms with E-state index in [0.717, 1.165) is 0 Å². The predicted molar refractivity (Wildman–Crippen MR) is 66.4 cm³/mol. The van der Waals surface area contributed by atoms with E-state index in [0.29, 0.717) is 19.4 Å². The van der Waals surface area contributed by atoms with E-state index in [-0.39, 0.29) is 36.5 Å². The number of nitrogens with zero attached hydrogens (tertiary/aromatic N) is 3. The van der Waals surface area contributed by atoms with E-state index in [4.69, 9.17) is 0 Å². The molecular weight excluding hydrogens is 305 g/mol. The minimum Gasteiger partial charge on any atom is -0.355 e. The fourth-order valence-corrected chi connectivity index (χ4v) is 2.14. The molecule has 1 aromatic rings. The van der Waals surface area contributed by atoms with Crippen molar-refractivity contribution in [1.82, 2.24) is 20.4 Å². The highest BCUT2D eigenvalue weighted by atomic mass is 19.4. The topological polar surface area (TPSA) is 88.3 Å². The number of likely N-dealkylation sites (tertiary alicyclic amines) is 1. The molecule has 2 amide bonds. The third kappa shape index (κ3) is 3.95. The van der Waals surface area contributed by atoms with Crippen molar-refractivity contribution in [3.63, 3.8) is 0 Å². The summed E-state index contributed by atoms with van der Waals surface area (Å²) in [7, 11) is 1.62. The molecule has 0 unspecified atom stereocenters. The molecule has 7 nitrogen and oxygen atoms in total. The summed E-state index contributed by atoms with van der Waals surface area (Å²) in [4.78, 5) is 27.9. The molecule has 10 heteroatoms. The second kappa shape index (κ2) is 6.32. The third-order valence-electron chi connectivity index (χ3n) is 3.36.